The quantitative estimate of drug-likeness (QED) is 0.361. The van der Waals surface area contributed by atoms with Crippen molar-refractivity contribution in [1.29, 1.82) is 0 Å². The first kappa shape index (κ1) is 21.0. The van der Waals surface area contributed by atoms with Crippen LogP contribution in [-0.2, 0) is 0 Å². The van der Waals surface area contributed by atoms with Crippen LogP contribution in [0.4, 0.5) is 11.4 Å². The smallest absolute Gasteiger partial charge is 0.257 e. The number of pyridine rings is 2. The van der Waals surface area contributed by atoms with E-state index < -0.39 is 0 Å². The Labute approximate surface area is 211 Å². The third-order valence-corrected chi connectivity index (χ3v) is 6.46. The van der Waals surface area contributed by atoms with E-state index in [2.05, 4.69) is 38.3 Å². The van der Waals surface area contributed by atoms with Gasteiger partial charge in [-0.2, -0.15) is 0 Å². The van der Waals surface area contributed by atoms with Crippen molar-refractivity contribution in [2.24, 2.45) is 9.98 Å². The van der Waals surface area contributed by atoms with Gasteiger partial charge in [0.15, 0.2) is 5.82 Å². The molecule has 3 aromatic carbocycles. The van der Waals surface area contributed by atoms with E-state index in [1.54, 1.807) is 30.7 Å². The maximum atomic E-state index is 12.8. The molecule has 5 aromatic rings. The predicted octanol–water partition coefficient (Wildman–Crippen LogP) is 4.06. The minimum atomic E-state index is -0.220. The number of hydrazine groups is 1. The second-order valence-electron chi connectivity index (χ2n) is 8.70. The predicted molar refractivity (Wildman–Crippen MR) is 142 cm³/mol. The van der Waals surface area contributed by atoms with Crippen LogP contribution in [0.15, 0.2) is 113 Å². The number of para-hydroxylation sites is 2. The molecule has 0 aliphatic carbocycles. The van der Waals surface area contributed by atoms with E-state index in [1.165, 1.54) is 0 Å². The van der Waals surface area contributed by atoms with Crippen molar-refractivity contribution in [3.05, 3.63) is 125 Å². The van der Waals surface area contributed by atoms with Gasteiger partial charge in [0.05, 0.1) is 27.7 Å². The average molecular weight is 482 g/mol. The molecule has 0 saturated heterocycles. The largest absolute Gasteiger partial charge is 0.321 e. The Morgan fingerprint density at radius 1 is 0.730 bits per heavy atom. The number of aromatic nitrogens is 2. The maximum absolute atomic E-state index is 12.8. The average Bonchev–Trinajstić information content (AvgIpc) is 3.57. The molecule has 1 amide bonds. The van der Waals surface area contributed by atoms with E-state index in [0.717, 1.165) is 49.6 Å². The lowest BCUT2D eigenvalue weighted by atomic mass is 9.97. The van der Waals surface area contributed by atoms with Gasteiger partial charge in [-0.3, -0.25) is 20.2 Å². The van der Waals surface area contributed by atoms with Crippen LogP contribution < -0.4 is 26.9 Å². The molecule has 8 heteroatoms. The summed E-state index contributed by atoms with van der Waals surface area (Å²) in [5, 5.41) is 6.55. The zero-order valence-electron chi connectivity index (χ0n) is 19.4. The monoisotopic (exact) mass is 481 g/mol. The molecular weight excluding hydrogens is 462 g/mol. The summed E-state index contributed by atoms with van der Waals surface area (Å²) in [5.41, 5.74) is 12.3. The minimum absolute atomic E-state index is 0.220. The second kappa shape index (κ2) is 8.39. The summed E-state index contributed by atoms with van der Waals surface area (Å²) in [5.74, 6) is 0.419. The number of benzene rings is 3. The number of amides is 1. The van der Waals surface area contributed by atoms with Gasteiger partial charge in [0, 0.05) is 41.3 Å². The van der Waals surface area contributed by atoms with Crippen LogP contribution >= 0.6 is 0 Å². The topological polar surface area (TPSA) is 104 Å². The molecule has 2 aliphatic heterocycles. The van der Waals surface area contributed by atoms with Crippen molar-refractivity contribution in [1.82, 2.24) is 15.4 Å². The highest BCUT2D eigenvalue weighted by atomic mass is 16.1. The summed E-state index contributed by atoms with van der Waals surface area (Å²) >= 11 is 0. The molecule has 0 unspecified atom stereocenters. The zero-order valence-corrected chi connectivity index (χ0v) is 19.4. The Hall–Kier alpha value is -5.37. The molecule has 7 rings (SSSR count). The molecule has 2 aromatic heterocycles. The van der Waals surface area contributed by atoms with Crippen molar-refractivity contribution >= 4 is 33.8 Å². The molecule has 4 heterocycles. The molecule has 37 heavy (non-hydrogen) atoms. The van der Waals surface area contributed by atoms with Gasteiger partial charge in [0.25, 0.3) is 5.91 Å². The minimum Gasteiger partial charge on any atom is -0.321 e. The highest BCUT2D eigenvalue weighted by molar-refractivity contribution is 6.11. The first-order valence-corrected chi connectivity index (χ1v) is 11.8. The van der Waals surface area contributed by atoms with Crippen LogP contribution in [0.3, 0.4) is 0 Å². The second-order valence-corrected chi connectivity index (χ2v) is 8.70. The van der Waals surface area contributed by atoms with Gasteiger partial charge in [-0.25, -0.2) is 9.98 Å². The van der Waals surface area contributed by atoms with Crippen molar-refractivity contribution in [2.45, 2.75) is 0 Å². The van der Waals surface area contributed by atoms with Gasteiger partial charge in [-0.05, 0) is 53.4 Å². The first-order chi connectivity index (χ1) is 18.2. The molecule has 0 fully saturated rings. The van der Waals surface area contributed by atoms with E-state index >= 15 is 0 Å². The normalized spacial score (nSPS) is 13.2. The number of anilines is 2. The molecule has 0 radical (unpaired) electrons. The van der Waals surface area contributed by atoms with Crippen LogP contribution in [0.2, 0.25) is 0 Å². The summed E-state index contributed by atoms with van der Waals surface area (Å²) in [6.45, 7) is 0. The van der Waals surface area contributed by atoms with E-state index in [0.29, 0.717) is 17.1 Å². The third kappa shape index (κ3) is 3.59. The van der Waals surface area contributed by atoms with Crippen molar-refractivity contribution < 1.29 is 4.79 Å². The Balaban J connectivity index is 1.30. The van der Waals surface area contributed by atoms with Crippen molar-refractivity contribution in [3.63, 3.8) is 0 Å². The number of hydrogen-bond acceptors (Lipinski definition) is 7. The number of nitrogens with one attached hydrogen (secondary N) is 3. The summed E-state index contributed by atoms with van der Waals surface area (Å²) in [6, 6.07) is 23.3. The van der Waals surface area contributed by atoms with Gasteiger partial charge >= 0.3 is 0 Å². The summed E-state index contributed by atoms with van der Waals surface area (Å²) in [7, 11) is 0. The van der Waals surface area contributed by atoms with Gasteiger partial charge in [-0.1, -0.05) is 30.3 Å². The summed E-state index contributed by atoms with van der Waals surface area (Å²) in [6.07, 6.45) is 6.81. The highest BCUT2D eigenvalue weighted by Crippen LogP contribution is 2.37. The fourth-order valence-corrected chi connectivity index (χ4v) is 4.65. The molecule has 0 saturated carbocycles. The van der Waals surface area contributed by atoms with Gasteiger partial charge in [0.2, 0.25) is 0 Å². The number of nitrogens with zero attached hydrogens (tertiary/aromatic N) is 4. The Bertz CT molecular complexity index is 1840. The van der Waals surface area contributed by atoms with Crippen molar-refractivity contribution in [3.8, 4) is 11.1 Å². The summed E-state index contributed by atoms with van der Waals surface area (Å²) in [4.78, 5) is 30.7. The number of hydrogen-bond donors (Lipinski definition) is 3. The van der Waals surface area contributed by atoms with Crippen LogP contribution in [-0.4, -0.2) is 15.9 Å². The number of rotatable bonds is 3. The Morgan fingerprint density at radius 2 is 1.59 bits per heavy atom. The number of carbonyl (C=O) groups is 1. The molecule has 0 spiro atoms. The molecule has 0 bridgehead atoms. The van der Waals surface area contributed by atoms with Crippen molar-refractivity contribution in [2.75, 3.05) is 10.7 Å². The van der Waals surface area contributed by atoms with E-state index in [1.807, 2.05) is 54.7 Å². The van der Waals surface area contributed by atoms with E-state index in [4.69, 9.17) is 9.98 Å². The molecule has 8 nitrogen and oxygen atoms in total. The fraction of sp³-hybridized carbons (Fsp3) is 0. The first-order valence-electron chi connectivity index (χ1n) is 11.8. The van der Waals surface area contributed by atoms with Gasteiger partial charge < -0.3 is 10.7 Å². The molecule has 176 valence electrons. The Kier molecular flexibility index (Phi) is 4.75. The van der Waals surface area contributed by atoms with Gasteiger partial charge in [-0.15, -0.1) is 0 Å². The number of carbonyl (C=O) groups excluding carboxylic acids is 1. The maximum Gasteiger partial charge on any atom is 0.257 e. The SMILES string of the molecule is O=C(Nc1cccc2c(-c3ccc4c(c3)C(=C3N=c5ccccc5=N3)NN4)cncc12)c1cccnc1. The molecular formula is C29H19N7O. The highest BCUT2D eigenvalue weighted by Gasteiger charge is 2.22. The van der Waals surface area contributed by atoms with Crippen LogP contribution in [0.1, 0.15) is 15.9 Å². The summed E-state index contributed by atoms with van der Waals surface area (Å²) < 4.78 is 0. The fourth-order valence-electron chi connectivity index (χ4n) is 4.65. The zero-order chi connectivity index (χ0) is 24.8. The van der Waals surface area contributed by atoms with Crippen LogP contribution in [0, 0.1) is 0 Å². The van der Waals surface area contributed by atoms with Crippen LogP contribution in [0.5, 0.6) is 0 Å². The lowest BCUT2D eigenvalue weighted by Crippen LogP contribution is -2.19. The Morgan fingerprint density at radius 3 is 2.41 bits per heavy atom. The lowest BCUT2D eigenvalue weighted by Gasteiger charge is -2.12. The molecule has 2 aliphatic rings. The standard InChI is InChI=1S/C29H19N7O/c37-29(18-5-4-12-30-14-18)34-23-9-3-6-19-21(15-31-16-22(19)23)17-10-11-24-20(13-17)27(36-35-24)28-32-25-7-1-2-8-26(25)33-28/h1-16,35-36H,(H,34,37). The third-order valence-electron chi connectivity index (χ3n) is 6.46. The lowest BCUT2D eigenvalue weighted by molar-refractivity contribution is 0.102. The van der Waals surface area contributed by atoms with Crippen LogP contribution in [0.25, 0.3) is 27.6 Å². The van der Waals surface area contributed by atoms with E-state index in [-0.39, 0.29) is 5.91 Å². The van der Waals surface area contributed by atoms with Gasteiger partial charge in [0.1, 0.15) is 5.70 Å². The molecule has 3 N–H and O–H groups in total. The number of fused-ring (bicyclic) bond motifs is 3. The van der Waals surface area contributed by atoms with E-state index in [9.17, 15) is 4.79 Å². The molecule has 0 atom stereocenters.